The molecule has 1 aliphatic rings. The fourth-order valence-electron chi connectivity index (χ4n) is 3.56. The molecule has 31 heavy (non-hydrogen) atoms. The smallest absolute Gasteiger partial charge is 0.264 e. The van der Waals surface area contributed by atoms with Gasteiger partial charge in [0.1, 0.15) is 0 Å². The number of anilines is 2. The fourth-order valence-corrected chi connectivity index (χ4v) is 6.36. The molecule has 0 amide bonds. The largest absolute Gasteiger partial charge is 0.369 e. The van der Waals surface area contributed by atoms with E-state index >= 15 is 0 Å². The van der Waals surface area contributed by atoms with Crippen molar-refractivity contribution in [1.29, 1.82) is 0 Å². The van der Waals surface area contributed by atoms with E-state index in [1.165, 1.54) is 14.9 Å². The number of piperazine rings is 1. The Kier molecular flexibility index (Phi) is 7.20. The van der Waals surface area contributed by atoms with Crippen molar-refractivity contribution in [2.24, 2.45) is 5.92 Å². The third kappa shape index (κ3) is 5.52. The molecule has 10 heteroatoms. The number of benzene rings is 2. The first-order valence-electron chi connectivity index (χ1n) is 10.1. The van der Waals surface area contributed by atoms with Crippen LogP contribution in [0.3, 0.4) is 0 Å². The van der Waals surface area contributed by atoms with E-state index < -0.39 is 20.0 Å². The van der Waals surface area contributed by atoms with E-state index in [-0.39, 0.29) is 10.8 Å². The summed E-state index contributed by atoms with van der Waals surface area (Å²) in [6.45, 7) is 5.94. The average molecular weight is 486 g/mol. The summed E-state index contributed by atoms with van der Waals surface area (Å²) in [7, 11) is -7.08. The highest BCUT2D eigenvalue weighted by atomic mass is 35.5. The van der Waals surface area contributed by atoms with Crippen LogP contribution in [0.1, 0.15) is 13.8 Å². The Hall–Kier alpha value is -1.81. The molecule has 1 heterocycles. The number of sulfonamides is 2. The first-order chi connectivity index (χ1) is 14.5. The molecule has 170 valence electrons. The van der Waals surface area contributed by atoms with Crippen molar-refractivity contribution in [3.63, 3.8) is 0 Å². The molecule has 0 aromatic heterocycles. The molecule has 0 radical (unpaired) electrons. The van der Waals surface area contributed by atoms with E-state index in [0.717, 1.165) is 5.69 Å². The summed E-state index contributed by atoms with van der Waals surface area (Å²) in [6.07, 6.45) is 1.20. The second-order valence-corrected chi connectivity index (χ2v) is 12.3. The van der Waals surface area contributed by atoms with Gasteiger partial charge in [0.15, 0.2) is 0 Å². The molecule has 0 saturated carbocycles. The van der Waals surface area contributed by atoms with E-state index in [1.54, 1.807) is 42.5 Å². The van der Waals surface area contributed by atoms with Gasteiger partial charge in [0.05, 0.1) is 21.9 Å². The number of halogens is 1. The molecule has 2 aromatic carbocycles. The lowest BCUT2D eigenvalue weighted by Gasteiger charge is -2.35. The van der Waals surface area contributed by atoms with Crippen molar-refractivity contribution in [3.8, 4) is 0 Å². The maximum atomic E-state index is 13.6. The van der Waals surface area contributed by atoms with Crippen LogP contribution in [0.25, 0.3) is 0 Å². The Morgan fingerprint density at radius 1 is 0.968 bits per heavy atom. The van der Waals surface area contributed by atoms with Gasteiger partial charge in [-0.05, 0) is 36.2 Å². The summed E-state index contributed by atoms with van der Waals surface area (Å²) in [5.74, 6) is 0.0956. The van der Waals surface area contributed by atoms with Crippen molar-refractivity contribution in [2.45, 2.75) is 18.7 Å². The normalized spacial score (nSPS) is 16.0. The number of rotatable bonds is 7. The van der Waals surface area contributed by atoms with Gasteiger partial charge in [0, 0.05) is 38.4 Å². The minimum absolute atomic E-state index is 0.0956. The second kappa shape index (κ2) is 9.36. The van der Waals surface area contributed by atoms with Crippen LogP contribution in [0, 0.1) is 5.92 Å². The Morgan fingerprint density at radius 3 is 2.19 bits per heavy atom. The van der Waals surface area contributed by atoms with E-state index in [4.69, 9.17) is 11.6 Å². The summed E-state index contributed by atoms with van der Waals surface area (Å²) < 4.78 is 53.5. The first-order valence-corrected chi connectivity index (χ1v) is 13.7. The summed E-state index contributed by atoms with van der Waals surface area (Å²) in [6, 6.07) is 13.7. The SMILES string of the molecule is CC(C)CN(c1ccccc1Cl)S(=O)(=O)c1cccc(N2CCN(S(C)(=O)=O)CC2)c1. The lowest BCUT2D eigenvalue weighted by atomic mass is 10.2. The van der Waals surface area contributed by atoms with Gasteiger partial charge in [-0.25, -0.2) is 16.8 Å². The summed E-state index contributed by atoms with van der Waals surface area (Å²) in [5.41, 5.74) is 1.20. The number of para-hydroxylation sites is 1. The zero-order valence-corrected chi connectivity index (χ0v) is 20.3. The van der Waals surface area contributed by atoms with Crippen LogP contribution >= 0.6 is 11.6 Å². The van der Waals surface area contributed by atoms with E-state index in [0.29, 0.717) is 43.4 Å². The maximum Gasteiger partial charge on any atom is 0.264 e. The minimum Gasteiger partial charge on any atom is -0.369 e. The zero-order valence-electron chi connectivity index (χ0n) is 17.9. The molecule has 0 aliphatic carbocycles. The highest BCUT2D eigenvalue weighted by molar-refractivity contribution is 7.92. The second-order valence-electron chi connectivity index (χ2n) is 8.03. The molecular weight excluding hydrogens is 458 g/mol. The quantitative estimate of drug-likeness (QED) is 0.601. The topological polar surface area (TPSA) is 78.0 Å². The van der Waals surface area contributed by atoms with Crippen LogP contribution < -0.4 is 9.21 Å². The molecular formula is C21H28ClN3O4S2. The highest BCUT2D eigenvalue weighted by Crippen LogP contribution is 2.32. The van der Waals surface area contributed by atoms with Gasteiger partial charge in [-0.15, -0.1) is 0 Å². The molecule has 0 bridgehead atoms. The molecule has 1 fully saturated rings. The highest BCUT2D eigenvalue weighted by Gasteiger charge is 2.29. The van der Waals surface area contributed by atoms with Crippen LogP contribution in [0.4, 0.5) is 11.4 Å². The average Bonchev–Trinajstić information content (AvgIpc) is 2.72. The van der Waals surface area contributed by atoms with Crippen LogP contribution in [-0.4, -0.2) is 60.1 Å². The molecule has 0 unspecified atom stereocenters. The summed E-state index contributed by atoms with van der Waals surface area (Å²) >= 11 is 6.33. The molecule has 0 atom stereocenters. The van der Waals surface area contributed by atoms with Crippen molar-refractivity contribution >= 4 is 43.0 Å². The Labute approximate surface area is 190 Å². The molecule has 1 saturated heterocycles. The molecule has 1 aliphatic heterocycles. The van der Waals surface area contributed by atoms with Crippen LogP contribution in [0.2, 0.25) is 5.02 Å². The molecule has 2 aromatic rings. The van der Waals surface area contributed by atoms with Gasteiger partial charge in [-0.2, -0.15) is 4.31 Å². The van der Waals surface area contributed by atoms with E-state index in [2.05, 4.69) is 0 Å². The Bertz CT molecular complexity index is 1130. The maximum absolute atomic E-state index is 13.6. The zero-order chi connectivity index (χ0) is 22.8. The third-order valence-electron chi connectivity index (χ3n) is 5.13. The van der Waals surface area contributed by atoms with Gasteiger partial charge in [-0.3, -0.25) is 4.31 Å². The van der Waals surface area contributed by atoms with Gasteiger partial charge >= 0.3 is 0 Å². The molecule has 0 N–H and O–H groups in total. The van der Waals surface area contributed by atoms with Crippen LogP contribution in [0.5, 0.6) is 0 Å². The third-order valence-corrected chi connectivity index (χ3v) is 8.53. The first kappa shape index (κ1) is 23.8. The predicted octanol–water partition coefficient (Wildman–Crippen LogP) is 3.27. The van der Waals surface area contributed by atoms with E-state index in [9.17, 15) is 16.8 Å². The summed E-state index contributed by atoms with van der Waals surface area (Å²) in [4.78, 5) is 2.18. The molecule has 3 rings (SSSR count). The van der Waals surface area contributed by atoms with E-state index in [1.807, 2.05) is 24.8 Å². The van der Waals surface area contributed by atoms with Crippen molar-refractivity contribution < 1.29 is 16.8 Å². The van der Waals surface area contributed by atoms with Crippen molar-refractivity contribution in [2.75, 3.05) is 48.2 Å². The lowest BCUT2D eigenvalue weighted by Crippen LogP contribution is -2.48. The molecule has 0 spiro atoms. The Morgan fingerprint density at radius 2 is 1.61 bits per heavy atom. The molecule has 7 nitrogen and oxygen atoms in total. The standard InChI is InChI=1S/C21H28ClN3O4S2/c1-17(2)16-25(21-10-5-4-9-20(21)22)31(28,29)19-8-6-7-18(15-19)23-11-13-24(14-12-23)30(3,26)27/h4-10,15,17H,11-14,16H2,1-3H3. The fraction of sp³-hybridized carbons (Fsp3) is 0.429. The van der Waals surface area contributed by atoms with Crippen molar-refractivity contribution in [1.82, 2.24) is 4.31 Å². The minimum atomic E-state index is -3.85. The predicted molar refractivity (Wildman–Crippen MR) is 126 cm³/mol. The van der Waals surface area contributed by atoms with Gasteiger partial charge in [-0.1, -0.05) is 43.6 Å². The summed E-state index contributed by atoms with van der Waals surface area (Å²) in [5, 5.41) is 0.375. The van der Waals surface area contributed by atoms with Gasteiger partial charge in [0.25, 0.3) is 10.0 Å². The monoisotopic (exact) mass is 485 g/mol. The lowest BCUT2D eigenvalue weighted by molar-refractivity contribution is 0.388. The van der Waals surface area contributed by atoms with Gasteiger partial charge in [0.2, 0.25) is 10.0 Å². The number of nitrogens with zero attached hydrogens (tertiary/aromatic N) is 3. The number of hydrogen-bond acceptors (Lipinski definition) is 5. The van der Waals surface area contributed by atoms with Crippen LogP contribution in [0.15, 0.2) is 53.4 Å². The van der Waals surface area contributed by atoms with Crippen molar-refractivity contribution in [3.05, 3.63) is 53.6 Å². The van der Waals surface area contributed by atoms with Gasteiger partial charge < -0.3 is 4.90 Å². The Balaban J connectivity index is 1.92. The van der Waals surface area contributed by atoms with Crippen LogP contribution in [-0.2, 0) is 20.0 Å². The number of hydrogen-bond donors (Lipinski definition) is 0.